The zero-order valence-electron chi connectivity index (χ0n) is 25.2. The lowest BCUT2D eigenvalue weighted by atomic mass is 9.90. The van der Waals surface area contributed by atoms with Crippen LogP contribution in [-0.2, 0) is 20.9 Å². The van der Waals surface area contributed by atoms with Gasteiger partial charge in [0.15, 0.2) is 6.04 Å². The van der Waals surface area contributed by atoms with Gasteiger partial charge in [0, 0.05) is 50.9 Å². The summed E-state index contributed by atoms with van der Waals surface area (Å²) in [7, 11) is 4.27. The van der Waals surface area contributed by atoms with Crippen LogP contribution in [-0.4, -0.2) is 73.5 Å². The molecule has 44 heavy (non-hydrogen) atoms. The minimum absolute atomic E-state index is 0.0292. The smallest absolute Gasteiger partial charge is 0.340 e. The summed E-state index contributed by atoms with van der Waals surface area (Å²) in [5, 5.41) is 9.91. The van der Waals surface area contributed by atoms with Crippen molar-refractivity contribution in [3.63, 3.8) is 0 Å². The Kier molecular flexibility index (Phi) is 8.66. The number of benzene rings is 3. The number of imide groups is 1. The van der Waals surface area contributed by atoms with E-state index in [2.05, 4.69) is 21.4 Å². The molecular weight excluding hydrogens is 567 g/mol. The number of hydrogen-bond acceptors (Lipinski definition) is 7. The van der Waals surface area contributed by atoms with E-state index in [0.29, 0.717) is 35.5 Å². The molecule has 4 N–H and O–H groups in total. The lowest BCUT2D eigenvalue weighted by Crippen LogP contribution is -2.66. The van der Waals surface area contributed by atoms with Gasteiger partial charge in [0.05, 0.1) is 7.11 Å². The summed E-state index contributed by atoms with van der Waals surface area (Å²) in [6.07, 6.45) is 0.351. The van der Waals surface area contributed by atoms with Gasteiger partial charge in [-0.25, -0.2) is 14.6 Å². The van der Waals surface area contributed by atoms with E-state index in [-0.39, 0.29) is 18.5 Å². The van der Waals surface area contributed by atoms with Crippen molar-refractivity contribution in [1.82, 2.24) is 26.0 Å². The first-order chi connectivity index (χ1) is 21.0. The molecule has 2 aliphatic rings. The van der Waals surface area contributed by atoms with Crippen molar-refractivity contribution in [1.29, 1.82) is 0 Å². The van der Waals surface area contributed by atoms with E-state index in [1.165, 1.54) is 27.3 Å². The topological polar surface area (TPSA) is 132 Å². The van der Waals surface area contributed by atoms with Crippen molar-refractivity contribution in [2.24, 2.45) is 0 Å². The van der Waals surface area contributed by atoms with Crippen molar-refractivity contribution < 1.29 is 28.3 Å². The summed E-state index contributed by atoms with van der Waals surface area (Å²) in [6.45, 7) is 4.54. The van der Waals surface area contributed by atoms with Crippen molar-refractivity contribution in [2.45, 2.75) is 38.9 Å². The normalized spacial score (nSPS) is 18.5. The highest BCUT2D eigenvalue weighted by Gasteiger charge is 2.39. The second-order valence-electron chi connectivity index (χ2n) is 11.0. The molecule has 3 aromatic carbocycles. The lowest BCUT2D eigenvalue weighted by molar-refractivity contribution is -0.139. The summed E-state index contributed by atoms with van der Waals surface area (Å²) < 4.78 is 21.1. The molecule has 2 atom stereocenters. The molecule has 12 heteroatoms. The van der Waals surface area contributed by atoms with E-state index >= 15 is 4.39 Å². The predicted molar refractivity (Wildman–Crippen MR) is 163 cm³/mol. The van der Waals surface area contributed by atoms with E-state index in [9.17, 15) is 19.2 Å². The third-order valence-electron chi connectivity index (χ3n) is 8.18. The molecule has 2 aliphatic heterocycles. The molecule has 5 amide bonds. The zero-order valence-corrected chi connectivity index (χ0v) is 25.2. The van der Waals surface area contributed by atoms with Crippen LogP contribution in [0, 0.1) is 19.7 Å². The number of carbonyl (C=O) groups excluding carboxylic acids is 4. The third kappa shape index (κ3) is 5.86. The Morgan fingerprint density at radius 2 is 1.70 bits per heavy atom. The number of rotatable bonds is 8. The summed E-state index contributed by atoms with van der Waals surface area (Å²) in [5.74, 6) is -1.30. The average Bonchev–Trinajstić information content (AvgIpc) is 3.43. The monoisotopic (exact) mass is 602 g/mol. The van der Waals surface area contributed by atoms with E-state index in [4.69, 9.17) is 4.74 Å². The van der Waals surface area contributed by atoms with E-state index in [0.717, 1.165) is 37.7 Å². The van der Waals surface area contributed by atoms with Crippen LogP contribution in [0.1, 0.15) is 23.1 Å². The quantitative estimate of drug-likeness (QED) is 0.292. The van der Waals surface area contributed by atoms with Crippen LogP contribution in [0.2, 0.25) is 0 Å². The summed E-state index contributed by atoms with van der Waals surface area (Å²) in [5.41, 5.74) is 8.38. The van der Waals surface area contributed by atoms with Gasteiger partial charge in [0.2, 0.25) is 5.91 Å². The lowest BCUT2D eigenvalue weighted by Gasteiger charge is -2.34. The number of methoxy groups -OCH3 is 1. The molecule has 2 saturated heterocycles. The first-order valence-electron chi connectivity index (χ1n) is 14.2. The van der Waals surface area contributed by atoms with E-state index in [1.807, 2.05) is 38.1 Å². The molecule has 0 spiro atoms. The molecular formula is C32H35FN6O5. The van der Waals surface area contributed by atoms with Gasteiger partial charge in [-0.05, 0) is 65.4 Å². The molecule has 0 aromatic heterocycles. The van der Waals surface area contributed by atoms with Gasteiger partial charge in [-0.2, -0.15) is 0 Å². The molecule has 5 rings (SSSR count). The first kappa shape index (κ1) is 30.6. The number of ether oxygens (including phenoxy) is 1. The molecule has 0 radical (unpaired) electrons. The summed E-state index contributed by atoms with van der Waals surface area (Å²) in [4.78, 5) is 50.2. The number of nitrogens with one attached hydrogen (secondary N) is 4. The van der Waals surface area contributed by atoms with Gasteiger partial charge in [0.25, 0.3) is 11.8 Å². The third-order valence-corrected chi connectivity index (χ3v) is 8.18. The van der Waals surface area contributed by atoms with Crippen LogP contribution < -0.4 is 26.1 Å². The van der Waals surface area contributed by atoms with Crippen LogP contribution in [0.3, 0.4) is 0 Å². The number of anilines is 1. The van der Waals surface area contributed by atoms with Crippen LogP contribution in [0.15, 0.2) is 48.5 Å². The Morgan fingerprint density at radius 1 is 1.02 bits per heavy atom. The van der Waals surface area contributed by atoms with Crippen LogP contribution in [0.5, 0.6) is 5.75 Å². The maximum absolute atomic E-state index is 15.5. The van der Waals surface area contributed by atoms with Gasteiger partial charge in [-0.3, -0.25) is 24.3 Å². The maximum atomic E-state index is 15.5. The van der Waals surface area contributed by atoms with Crippen molar-refractivity contribution in [3.05, 3.63) is 71.0 Å². The Labute approximate surface area is 254 Å². The Morgan fingerprint density at radius 3 is 2.39 bits per heavy atom. The average molecular weight is 603 g/mol. The van der Waals surface area contributed by atoms with E-state index in [1.54, 1.807) is 18.2 Å². The molecule has 1 unspecified atom stereocenters. The maximum Gasteiger partial charge on any atom is 0.340 e. The first-order valence-corrected chi connectivity index (χ1v) is 14.2. The van der Waals surface area contributed by atoms with Gasteiger partial charge in [0.1, 0.15) is 11.6 Å². The molecule has 2 fully saturated rings. The second-order valence-corrected chi connectivity index (χ2v) is 11.0. The molecule has 0 aliphatic carbocycles. The van der Waals surface area contributed by atoms with Crippen LogP contribution in [0.4, 0.5) is 14.9 Å². The molecule has 230 valence electrons. The summed E-state index contributed by atoms with van der Waals surface area (Å²) in [6, 6.07) is 12.6. The molecule has 11 nitrogen and oxygen atoms in total. The van der Waals surface area contributed by atoms with Gasteiger partial charge in [-0.15, -0.1) is 0 Å². The van der Waals surface area contributed by atoms with E-state index < -0.39 is 29.7 Å². The predicted octanol–water partition coefficient (Wildman–Crippen LogP) is 3.10. The number of amides is 5. The highest BCUT2D eigenvalue weighted by Crippen LogP contribution is 2.37. The van der Waals surface area contributed by atoms with Gasteiger partial charge in [-0.1, -0.05) is 30.3 Å². The molecule has 0 saturated carbocycles. The number of halogens is 1. The number of likely N-dealkylation sites (N-methyl/N-ethyl adjacent to an activating group) is 1. The van der Waals surface area contributed by atoms with Crippen molar-refractivity contribution in [3.8, 4) is 28.0 Å². The Hall–Kier alpha value is -4.81. The fourth-order valence-electron chi connectivity index (χ4n) is 5.61. The number of hydrogen-bond donors (Lipinski definition) is 4. The Bertz CT molecular complexity index is 1660. The van der Waals surface area contributed by atoms with Crippen molar-refractivity contribution in [2.75, 3.05) is 33.1 Å². The van der Waals surface area contributed by atoms with Gasteiger partial charge < -0.3 is 20.7 Å². The minimum atomic E-state index is -1.27. The number of urea groups is 1. The standard InChI is InChI=1S/C32H35FN6O5/c1-17-21(19-12-25(33)24(27(13-19)44-5)16-34-20-14-28(40)35-15-20)8-6-9-22(17)23-10-7-11-26(18(23)2)36-30(41)29-31(42)38(3)32(43)39(4)37-29/h6-13,20,29,34,37H,14-16H2,1-5H3,(H,35,40)(H,36,41)/t20-,29?/m0/s1. The summed E-state index contributed by atoms with van der Waals surface area (Å²) >= 11 is 0. The van der Waals surface area contributed by atoms with Crippen molar-refractivity contribution >= 4 is 29.4 Å². The fourth-order valence-corrected chi connectivity index (χ4v) is 5.61. The largest absolute Gasteiger partial charge is 0.496 e. The number of carbonyl (C=O) groups is 4. The minimum Gasteiger partial charge on any atom is -0.496 e. The molecule has 0 bridgehead atoms. The van der Waals surface area contributed by atoms with Crippen LogP contribution in [0.25, 0.3) is 22.3 Å². The zero-order chi connectivity index (χ0) is 31.7. The molecule has 2 heterocycles. The number of hydrazine groups is 1. The van der Waals surface area contributed by atoms with Crippen LogP contribution >= 0.6 is 0 Å². The highest BCUT2D eigenvalue weighted by molar-refractivity contribution is 6.15. The fraction of sp³-hybridized carbons (Fsp3) is 0.312. The Balaban J connectivity index is 1.41. The molecule has 3 aromatic rings. The number of nitrogens with zero attached hydrogens (tertiary/aromatic N) is 2. The highest BCUT2D eigenvalue weighted by atomic mass is 19.1. The van der Waals surface area contributed by atoms with Gasteiger partial charge >= 0.3 is 6.03 Å². The second kappa shape index (κ2) is 12.4. The SMILES string of the molecule is COc1cc(-c2cccc(-c3cccc(NC(=O)C4NN(C)C(=O)N(C)C4=O)c3C)c2C)cc(F)c1CN[C@@H]1CNC(=O)C1.